The summed E-state index contributed by atoms with van der Waals surface area (Å²) in [4.78, 5) is 24.4. The van der Waals surface area contributed by atoms with Crippen molar-refractivity contribution in [2.75, 3.05) is 0 Å². The highest BCUT2D eigenvalue weighted by Crippen LogP contribution is 2.34. The maximum atomic E-state index is 13.0. The van der Waals surface area contributed by atoms with E-state index in [0.29, 0.717) is 5.56 Å². The minimum absolute atomic E-state index is 0.0518. The Morgan fingerprint density at radius 2 is 1.69 bits per heavy atom. The van der Waals surface area contributed by atoms with Crippen LogP contribution in [0.1, 0.15) is 17.2 Å². The van der Waals surface area contributed by atoms with E-state index >= 15 is 0 Å². The molecule has 1 aliphatic rings. The molecule has 134 valence electrons. The molecule has 0 fully saturated rings. The number of para-hydroxylation sites is 1. The van der Waals surface area contributed by atoms with E-state index in [1.807, 2.05) is 0 Å². The largest absolute Gasteiger partial charge is 0.508 e. The molecule has 2 N–H and O–H groups in total. The first-order valence-corrected chi connectivity index (χ1v) is 7.42. The third kappa shape index (κ3) is 3.23. The number of carbonyl (C=O) groups is 2. The number of nitrogens with zero attached hydrogens (tertiary/aromatic N) is 2. The van der Waals surface area contributed by atoms with Crippen LogP contribution in [0.25, 0.3) is 0 Å². The lowest BCUT2D eigenvalue weighted by Gasteiger charge is -2.32. The number of alkyl halides is 3. The van der Waals surface area contributed by atoms with Gasteiger partial charge in [-0.2, -0.15) is 18.3 Å². The summed E-state index contributed by atoms with van der Waals surface area (Å²) in [5.74, 6) is -3.85. The van der Waals surface area contributed by atoms with Crippen LogP contribution >= 0.6 is 0 Å². The molecule has 2 aromatic rings. The van der Waals surface area contributed by atoms with Crippen molar-refractivity contribution in [1.29, 1.82) is 0 Å². The standard InChI is InChI=1S/C17H12F3N3O3/c18-17(19,20)16(26)23-13(11-8-4-5-9-12(11)24)15(25)21-14(22-23)10-6-2-1-3-7-10/h1-9,13,24H,(H,21,22,25). The molecular weight excluding hydrogens is 351 g/mol. The first-order valence-electron chi connectivity index (χ1n) is 7.42. The molecule has 1 heterocycles. The number of hydrogen-bond donors (Lipinski definition) is 2. The Morgan fingerprint density at radius 1 is 1.08 bits per heavy atom. The lowest BCUT2D eigenvalue weighted by atomic mass is 10.0. The number of rotatable bonds is 2. The summed E-state index contributed by atoms with van der Waals surface area (Å²) >= 11 is 0. The van der Waals surface area contributed by atoms with Gasteiger partial charge in [0.2, 0.25) is 0 Å². The Balaban J connectivity index is 2.13. The molecule has 0 aromatic heterocycles. The summed E-state index contributed by atoms with van der Waals surface area (Å²) in [5.41, 5.74) is 0.162. The predicted molar refractivity (Wildman–Crippen MR) is 84.9 cm³/mol. The van der Waals surface area contributed by atoms with Crippen molar-refractivity contribution in [3.63, 3.8) is 0 Å². The number of hydrazone groups is 1. The van der Waals surface area contributed by atoms with Crippen molar-refractivity contribution >= 4 is 17.6 Å². The summed E-state index contributed by atoms with van der Waals surface area (Å²) in [7, 11) is 0. The van der Waals surface area contributed by atoms with Crippen molar-refractivity contribution in [3.05, 3.63) is 65.7 Å². The second-order valence-electron chi connectivity index (χ2n) is 5.41. The van der Waals surface area contributed by atoms with Gasteiger partial charge < -0.3 is 10.4 Å². The predicted octanol–water partition coefficient (Wildman–Crippen LogP) is 2.32. The number of carbonyl (C=O) groups excluding carboxylic acids is 2. The molecule has 26 heavy (non-hydrogen) atoms. The zero-order chi connectivity index (χ0) is 18.9. The second kappa shape index (κ2) is 6.51. The van der Waals surface area contributed by atoms with Gasteiger partial charge in [-0.15, -0.1) is 0 Å². The van der Waals surface area contributed by atoms with Crippen molar-refractivity contribution in [2.45, 2.75) is 12.2 Å². The number of amides is 2. The highest BCUT2D eigenvalue weighted by molar-refractivity contribution is 6.12. The van der Waals surface area contributed by atoms with Gasteiger partial charge in [-0.25, -0.2) is 5.01 Å². The molecular formula is C17H12F3N3O3. The number of amidine groups is 1. The molecule has 9 heteroatoms. The molecule has 0 bridgehead atoms. The van der Waals surface area contributed by atoms with Crippen LogP contribution in [0.4, 0.5) is 13.2 Å². The van der Waals surface area contributed by atoms with Crippen LogP contribution in [0.5, 0.6) is 5.75 Å². The summed E-state index contributed by atoms with van der Waals surface area (Å²) in [6.45, 7) is 0. The van der Waals surface area contributed by atoms with Gasteiger partial charge in [0.1, 0.15) is 5.75 Å². The lowest BCUT2D eigenvalue weighted by molar-refractivity contribution is -0.189. The van der Waals surface area contributed by atoms with Crippen LogP contribution in [0, 0.1) is 0 Å². The van der Waals surface area contributed by atoms with Gasteiger partial charge in [0.15, 0.2) is 11.9 Å². The van der Waals surface area contributed by atoms with Gasteiger partial charge >= 0.3 is 12.1 Å². The fraction of sp³-hybridized carbons (Fsp3) is 0.118. The van der Waals surface area contributed by atoms with Gasteiger partial charge in [0, 0.05) is 11.1 Å². The fourth-order valence-electron chi connectivity index (χ4n) is 2.50. The van der Waals surface area contributed by atoms with E-state index in [9.17, 15) is 27.9 Å². The van der Waals surface area contributed by atoms with E-state index in [0.717, 1.165) is 0 Å². The number of halogens is 3. The Hall–Kier alpha value is -3.36. The summed E-state index contributed by atoms with van der Waals surface area (Å²) in [6.07, 6.45) is -5.24. The first kappa shape index (κ1) is 17.5. The number of nitrogens with one attached hydrogen (secondary N) is 1. The molecule has 1 aliphatic heterocycles. The van der Waals surface area contributed by atoms with E-state index in [4.69, 9.17) is 0 Å². The number of hydrogen-bond acceptors (Lipinski definition) is 4. The molecule has 0 saturated heterocycles. The Labute approximate surface area is 145 Å². The average molecular weight is 363 g/mol. The maximum Gasteiger partial charge on any atom is 0.473 e. The zero-order valence-corrected chi connectivity index (χ0v) is 13.1. The SMILES string of the molecule is O=C1NC(c2ccccc2)=NN(C(=O)C(F)(F)F)C1c1ccccc1O. The Kier molecular flexibility index (Phi) is 4.37. The number of aromatic hydroxyl groups is 1. The van der Waals surface area contributed by atoms with Gasteiger partial charge in [-0.05, 0) is 6.07 Å². The van der Waals surface area contributed by atoms with Crippen LogP contribution in [-0.4, -0.2) is 33.9 Å². The molecule has 6 nitrogen and oxygen atoms in total. The monoisotopic (exact) mass is 363 g/mol. The van der Waals surface area contributed by atoms with E-state index in [1.54, 1.807) is 18.2 Å². The Morgan fingerprint density at radius 3 is 2.31 bits per heavy atom. The van der Waals surface area contributed by atoms with Gasteiger partial charge in [-0.1, -0.05) is 48.5 Å². The summed E-state index contributed by atoms with van der Waals surface area (Å²) in [6, 6.07) is 11.5. The first-order chi connectivity index (χ1) is 12.3. The van der Waals surface area contributed by atoms with Crippen molar-refractivity contribution in [1.82, 2.24) is 10.3 Å². The van der Waals surface area contributed by atoms with Crippen molar-refractivity contribution in [2.24, 2.45) is 5.10 Å². The summed E-state index contributed by atoms with van der Waals surface area (Å²) < 4.78 is 39.1. The highest BCUT2D eigenvalue weighted by atomic mass is 19.4. The molecule has 2 amide bonds. The van der Waals surface area contributed by atoms with Crippen molar-refractivity contribution in [3.8, 4) is 5.75 Å². The number of phenolic OH excluding ortho intramolecular Hbond substituents is 1. The lowest BCUT2D eigenvalue weighted by Crippen LogP contribution is -2.52. The minimum Gasteiger partial charge on any atom is -0.508 e. The smallest absolute Gasteiger partial charge is 0.473 e. The number of phenols is 1. The van der Waals surface area contributed by atoms with Crippen molar-refractivity contribution < 1.29 is 27.9 Å². The minimum atomic E-state index is -5.24. The van der Waals surface area contributed by atoms with Crippen LogP contribution in [0.15, 0.2) is 59.7 Å². The molecule has 0 aliphatic carbocycles. The third-order valence-corrected chi connectivity index (χ3v) is 3.67. The molecule has 1 atom stereocenters. The quantitative estimate of drug-likeness (QED) is 0.859. The molecule has 3 rings (SSSR count). The third-order valence-electron chi connectivity index (χ3n) is 3.67. The fourth-order valence-corrected chi connectivity index (χ4v) is 2.50. The number of benzene rings is 2. The van der Waals surface area contributed by atoms with Gasteiger partial charge in [0.25, 0.3) is 5.91 Å². The van der Waals surface area contributed by atoms with Crippen LogP contribution in [0.3, 0.4) is 0 Å². The van der Waals surface area contributed by atoms with Crippen LogP contribution in [0.2, 0.25) is 0 Å². The van der Waals surface area contributed by atoms with E-state index in [2.05, 4.69) is 10.4 Å². The topological polar surface area (TPSA) is 82.0 Å². The van der Waals surface area contributed by atoms with Crippen LogP contribution < -0.4 is 5.32 Å². The van der Waals surface area contributed by atoms with E-state index < -0.39 is 29.8 Å². The molecule has 0 saturated carbocycles. The Bertz CT molecular complexity index is 882. The second-order valence-corrected chi connectivity index (χ2v) is 5.41. The summed E-state index contributed by atoms with van der Waals surface area (Å²) in [5, 5.41) is 16.1. The normalized spacial score (nSPS) is 17.5. The van der Waals surface area contributed by atoms with Gasteiger partial charge in [0.05, 0.1) is 0 Å². The van der Waals surface area contributed by atoms with Crippen LogP contribution in [-0.2, 0) is 9.59 Å². The van der Waals surface area contributed by atoms with E-state index in [1.165, 1.54) is 36.4 Å². The van der Waals surface area contributed by atoms with Gasteiger partial charge in [-0.3, -0.25) is 9.59 Å². The molecule has 0 radical (unpaired) electrons. The molecule has 0 spiro atoms. The molecule has 2 aromatic carbocycles. The average Bonchev–Trinajstić information content (AvgIpc) is 2.61. The highest BCUT2D eigenvalue weighted by Gasteiger charge is 2.49. The molecule has 1 unspecified atom stereocenters. The zero-order valence-electron chi connectivity index (χ0n) is 13.1. The van der Waals surface area contributed by atoms with E-state index in [-0.39, 0.29) is 16.4 Å². The maximum absolute atomic E-state index is 13.0.